The van der Waals surface area contributed by atoms with Crippen LogP contribution in [0.1, 0.15) is 13.8 Å². The lowest BCUT2D eigenvalue weighted by Gasteiger charge is -2.33. The molecule has 6 nitrogen and oxygen atoms in total. The van der Waals surface area contributed by atoms with Crippen molar-refractivity contribution in [3.8, 4) is 0 Å². The Hall–Kier alpha value is -1.58. The van der Waals surface area contributed by atoms with Gasteiger partial charge in [0.2, 0.25) is 15.9 Å². The molecule has 140 valence electrons. The second-order valence-electron chi connectivity index (χ2n) is 6.45. The molecule has 1 aromatic carbocycles. The standard InChI is InChI=1S/C16H23F2N3O3S/c1-12(2)10-19-16(22)11-20-5-7-21(8-6-20)25(23,24)13-3-4-14(17)15(18)9-13/h3-4,9,12H,5-8,10-11H2,1-2H3,(H,19,22). The van der Waals surface area contributed by atoms with E-state index in [1.54, 1.807) is 0 Å². The largest absolute Gasteiger partial charge is 0.355 e. The zero-order chi connectivity index (χ0) is 18.6. The summed E-state index contributed by atoms with van der Waals surface area (Å²) < 4.78 is 52.5. The molecule has 1 amide bonds. The van der Waals surface area contributed by atoms with Gasteiger partial charge in [-0.05, 0) is 24.1 Å². The van der Waals surface area contributed by atoms with Crippen molar-refractivity contribution in [2.45, 2.75) is 18.7 Å². The molecule has 0 aromatic heterocycles. The Balaban J connectivity index is 1.92. The van der Waals surface area contributed by atoms with Crippen LogP contribution < -0.4 is 5.32 Å². The van der Waals surface area contributed by atoms with Crippen LogP contribution in [0.15, 0.2) is 23.1 Å². The fourth-order valence-corrected chi connectivity index (χ4v) is 3.93. The number of nitrogens with zero attached hydrogens (tertiary/aromatic N) is 2. The van der Waals surface area contributed by atoms with Crippen molar-refractivity contribution in [2.75, 3.05) is 39.3 Å². The third kappa shape index (κ3) is 5.20. The van der Waals surface area contributed by atoms with Crippen LogP contribution in [0.4, 0.5) is 8.78 Å². The van der Waals surface area contributed by atoms with E-state index >= 15 is 0 Å². The molecule has 0 radical (unpaired) electrons. The second-order valence-corrected chi connectivity index (χ2v) is 8.39. The molecule has 1 aromatic rings. The van der Waals surface area contributed by atoms with E-state index in [2.05, 4.69) is 5.32 Å². The van der Waals surface area contributed by atoms with Crippen molar-refractivity contribution in [3.05, 3.63) is 29.8 Å². The lowest BCUT2D eigenvalue weighted by Crippen LogP contribution is -2.51. The van der Waals surface area contributed by atoms with E-state index in [-0.39, 0.29) is 30.4 Å². The Labute approximate surface area is 146 Å². The number of sulfonamides is 1. The van der Waals surface area contributed by atoms with Crippen LogP contribution in [-0.4, -0.2) is 62.8 Å². The zero-order valence-electron chi connectivity index (χ0n) is 14.3. The first-order valence-corrected chi connectivity index (χ1v) is 9.58. The van der Waals surface area contributed by atoms with Gasteiger partial charge in [-0.15, -0.1) is 0 Å². The van der Waals surface area contributed by atoms with Crippen LogP contribution in [0.5, 0.6) is 0 Å². The minimum Gasteiger partial charge on any atom is -0.355 e. The molecule has 0 aliphatic carbocycles. The molecule has 1 N–H and O–H groups in total. The highest BCUT2D eigenvalue weighted by Crippen LogP contribution is 2.19. The molecule has 0 atom stereocenters. The summed E-state index contributed by atoms with van der Waals surface area (Å²) in [5.41, 5.74) is 0. The fourth-order valence-electron chi connectivity index (χ4n) is 2.49. The normalized spacial score (nSPS) is 17.0. The summed E-state index contributed by atoms with van der Waals surface area (Å²) >= 11 is 0. The van der Waals surface area contributed by atoms with Gasteiger partial charge in [0, 0.05) is 32.7 Å². The molecular formula is C16H23F2N3O3S. The first kappa shape index (κ1) is 19.7. The summed E-state index contributed by atoms with van der Waals surface area (Å²) in [7, 11) is -3.88. The molecule has 1 saturated heterocycles. The minimum atomic E-state index is -3.88. The van der Waals surface area contributed by atoms with Gasteiger partial charge in [-0.2, -0.15) is 4.31 Å². The SMILES string of the molecule is CC(C)CNC(=O)CN1CCN(S(=O)(=O)c2ccc(F)c(F)c2)CC1. The van der Waals surface area contributed by atoms with Crippen molar-refractivity contribution in [2.24, 2.45) is 5.92 Å². The van der Waals surface area contributed by atoms with Crippen molar-refractivity contribution in [3.63, 3.8) is 0 Å². The smallest absolute Gasteiger partial charge is 0.243 e. The van der Waals surface area contributed by atoms with Crippen LogP contribution in [0, 0.1) is 17.6 Å². The number of halogens is 2. The molecule has 1 heterocycles. The topological polar surface area (TPSA) is 69.7 Å². The maximum absolute atomic E-state index is 13.3. The van der Waals surface area contributed by atoms with E-state index in [0.29, 0.717) is 31.6 Å². The van der Waals surface area contributed by atoms with Crippen LogP contribution in [0.3, 0.4) is 0 Å². The number of hydrogen-bond donors (Lipinski definition) is 1. The maximum Gasteiger partial charge on any atom is 0.243 e. The van der Waals surface area contributed by atoms with E-state index in [1.165, 1.54) is 4.31 Å². The van der Waals surface area contributed by atoms with Crippen LogP contribution in [0.25, 0.3) is 0 Å². The Morgan fingerprint density at radius 2 is 1.80 bits per heavy atom. The Bertz CT molecular complexity index is 717. The third-order valence-corrected chi connectivity index (χ3v) is 5.83. The van der Waals surface area contributed by atoms with Crippen LogP contribution in [-0.2, 0) is 14.8 Å². The number of piperazine rings is 1. The molecular weight excluding hydrogens is 352 g/mol. The van der Waals surface area contributed by atoms with E-state index in [1.807, 2.05) is 18.7 Å². The molecule has 0 spiro atoms. The van der Waals surface area contributed by atoms with E-state index in [9.17, 15) is 22.0 Å². The number of benzene rings is 1. The number of rotatable bonds is 6. The molecule has 1 aliphatic rings. The number of carbonyl (C=O) groups is 1. The van der Waals surface area contributed by atoms with Gasteiger partial charge in [0.25, 0.3) is 0 Å². The second kappa shape index (κ2) is 8.20. The molecule has 1 fully saturated rings. The molecule has 0 saturated carbocycles. The molecule has 25 heavy (non-hydrogen) atoms. The Morgan fingerprint density at radius 1 is 1.16 bits per heavy atom. The van der Waals surface area contributed by atoms with E-state index in [4.69, 9.17) is 0 Å². The Morgan fingerprint density at radius 3 is 2.36 bits per heavy atom. The highest BCUT2D eigenvalue weighted by Gasteiger charge is 2.29. The van der Waals surface area contributed by atoms with E-state index < -0.39 is 21.7 Å². The average Bonchev–Trinajstić information content (AvgIpc) is 2.56. The summed E-state index contributed by atoms with van der Waals surface area (Å²) in [4.78, 5) is 13.4. The summed E-state index contributed by atoms with van der Waals surface area (Å²) in [5.74, 6) is -2.01. The average molecular weight is 375 g/mol. The maximum atomic E-state index is 13.3. The van der Waals surface area contributed by atoms with Crippen LogP contribution in [0.2, 0.25) is 0 Å². The highest BCUT2D eigenvalue weighted by atomic mass is 32.2. The number of hydrogen-bond acceptors (Lipinski definition) is 4. The number of amides is 1. The van der Waals surface area contributed by atoms with Crippen LogP contribution >= 0.6 is 0 Å². The number of nitrogens with one attached hydrogen (secondary N) is 1. The lowest BCUT2D eigenvalue weighted by molar-refractivity contribution is -0.122. The number of carbonyl (C=O) groups excluding carboxylic acids is 1. The van der Waals surface area contributed by atoms with Gasteiger partial charge in [-0.25, -0.2) is 17.2 Å². The highest BCUT2D eigenvalue weighted by molar-refractivity contribution is 7.89. The summed E-state index contributed by atoms with van der Waals surface area (Å²) in [6.45, 7) is 6.01. The van der Waals surface area contributed by atoms with E-state index in [0.717, 1.165) is 12.1 Å². The monoisotopic (exact) mass is 375 g/mol. The van der Waals surface area contributed by atoms with Gasteiger partial charge < -0.3 is 5.32 Å². The molecule has 1 aliphatic heterocycles. The molecule has 0 unspecified atom stereocenters. The fraction of sp³-hybridized carbons (Fsp3) is 0.562. The van der Waals surface area contributed by atoms with Crippen molar-refractivity contribution in [1.82, 2.24) is 14.5 Å². The van der Waals surface area contributed by atoms with Gasteiger partial charge in [-0.1, -0.05) is 13.8 Å². The van der Waals surface area contributed by atoms with Crippen molar-refractivity contribution in [1.29, 1.82) is 0 Å². The molecule has 0 bridgehead atoms. The van der Waals surface area contributed by atoms with Gasteiger partial charge in [0.1, 0.15) is 0 Å². The molecule has 2 rings (SSSR count). The van der Waals surface area contributed by atoms with Crippen molar-refractivity contribution < 1.29 is 22.0 Å². The zero-order valence-corrected chi connectivity index (χ0v) is 15.2. The summed E-state index contributed by atoms with van der Waals surface area (Å²) in [6, 6.07) is 2.55. The Kier molecular flexibility index (Phi) is 6.47. The van der Waals surface area contributed by atoms with Gasteiger partial charge in [0.15, 0.2) is 11.6 Å². The quantitative estimate of drug-likeness (QED) is 0.807. The van der Waals surface area contributed by atoms with Gasteiger partial charge in [0.05, 0.1) is 11.4 Å². The van der Waals surface area contributed by atoms with Crippen molar-refractivity contribution >= 4 is 15.9 Å². The predicted octanol–water partition coefficient (Wildman–Crippen LogP) is 1.04. The van der Waals surface area contributed by atoms with Gasteiger partial charge >= 0.3 is 0 Å². The van der Waals surface area contributed by atoms with Gasteiger partial charge in [-0.3, -0.25) is 9.69 Å². The lowest BCUT2D eigenvalue weighted by atomic mass is 10.2. The first-order valence-electron chi connectivity index (χ1n) is 8.14. The first-order chi connectivity index (χ1) is 11.7. The predicted molar refractivity (Wildman–Crippen MR) is 89.4 cm³/mol. The minimum absolute atomic E-state index is 0.0920. The summed E-state index contributed by atoms with van der Waals surface area (Å²) in [6.07, 6.45) is 0. The third-order valence-electron chi connectivity index (χ3n) is 3.93. The summed E-state index contributed by atoms with van der Waals surface area (Å²) in [5, 5.41) is 2.82. The molecule has 9 heteroatoms.